The number of ether oxygens (including phenoxy) is 3. The molecule has 1 saturated heterocycles. The van der Waals surface area contributed by atoms with Crippen LogP contribution in [0.5, 0.6) is 11.5 Å². The third-order valence-electron chi connectivity index (χ3n) is 4.45. The van der Waals surface area contributed by atoms with Crippen molar-refractivity contribution in [3.8, 4) is 11.5 Å². The van der Waals surface area contributed by atoms with Gasteiger partial charge in [-0.3, -0.25) is 10.1 Å². The van der Waals surface area contributed by atoms with Crippen LogP contribution in [0.15, 0.2) is 42.5 Å². The molecule has 1 fully saturated rings. The topological polar surface area (TPSA) is 90.9 Å². The van der Waals surface area contributed by atoms with Crippen molar-refractivity contribution in [3.63, 3.8) is 0 Å². The van der Waals surface area contributed by atoms with Gasteiger partial charge in [-0.05, 0) is 24.6 Å². The van der Waals surface area contributed by atoms with Crippen LogP contribution < -0.4 is 14.4 Å². The molecule has 1 aliphatic heterocycles. The first kappa shape index (κ1) is 18.5. The van der Waals surface area contributed by atoms with Gasteiger partial charge in [0, 0.05) is 18.2 Å². The predicted octanol–water partition coefficient (Wildman–Crippen LogP) is 3.11. The molecule has 0 radical (unpaired) electrons. The molecule has 0 N–H and O–H groups in total. The summed E-state index contributed by atoms with van der Waals surface area (Å²) in [6, 6.07) is 10.7. The van der Waals surface area contributed by atoms with Gasteiger partial charge in [0.1, 0.15) is 11.5 Å². The largest absolute Gasteiger partial charge is 0.497 e. The van der Waals surface area contributed by atoms with Crippen molar-refractivity contribution < 1.29 is 23.9 Å². The summed E-state index contributed by atoms with van der Waals surface area (Å²) in [4.78, 5) is 24.7. The Morgan fingerprint density at radius 3 is 2.41 bits per heavy atom. The number of rotatable bonds is 7. The first-order valence-corrected chi connectivity index (χ1v) is 8.43. The average Bonchev–Trinajstić information content (AvgIpc) is 3.43. The van der Waals surface area contributed by atoms with Gasteiger partial charge in [-0.1, -0.05) is 12.1 Å². The number of non-ortho nitro benzene ring substituents is 1. The number of hydrogen-bond donors (Lipinski definition) is 0. The number of benzene rings is 2. The molecule has 142 valence electrons. The highest BCUT2D eigenvalue weighted by Gasteiger charge is 2.55. The fraction of sp³-hybridized carbons (Fsp3) is 0.316. The van der Waals surface area contributed by atoms with Crippen LogP contribution in [0.2, 0.25) is 0 Å². The Labute approximate surface area is 156 Å². The van der Waals surface area contributed by atoms with Gasteiger partial charge in [0.2, 0.25) is 0 Å². The standard InChI is InChI=1S/C19H20N2O6/c1-4-27-19(22)18-17(12-5-7-13(8-6-12)21(23)24)20(18)15-10-9-14(25-2)11-16(15)26-3/h5-11,17-18H,4H2,1-3H3/t17-,18-,20?/m1/s1. The molecule has 0 bridgehead atoms. The van der Waals surface area contributed by atoms with Crippen molar-refractivity contribution in [2.24, 2.45) is 0 Å². The van der Waals surface area contributed by atoms with Gasteiger partial charge in [-0.25, -0.2) is 4.79 Å². The van der Waals surface area contributed by atoms with E-state index in [0.717, 1.165) is 11.3 Å². The highest BCUT2D eigenvalue weighted by Crippen LogP contribution is 2.51. The highest BCUT2D eigenvalue weighted by molar-refractivity contribution is 5.90. The van der Waals surface area contributed by atoms with E-state index in [2.05, 4.69) is 0 Å². The SMILES string of the molecule is CCOC(=O)[C@H]1[C@@H](c2ccc([N+](=O)[O-])cc2)N1c1ccc(OC)cc1OC. The zero-order chi connectivity index (χ0) is 19.6. The lowest BCUT2D eigenvalue weighted by molar-refractivity contribution is -0.384. The van der Waals surface area contributed by atoms with Gasteiger partial charge in [0.25, 0.3) is 5.69 Å². The first-order chi connectivity index (χ1) is 13.0. The maximum atomic E-state index is 12.4. The fourth-order valence-corrected chi connectivity index (χ4v) is 3.14. The summed E-state index contributed by atoms with van der Waals surface area (Å²) >= 11 is 0. The van der Waals surface area contributed by atoms with Gasteiger partial charge < -0.3 is 19.1 Å². The molecular weight excluding hydrogens is 352 g/mol. The number of hydrogen-bond acceptors (Lipinski definition) is 7. The third kappa shape index (κ3) is 3.51. The van der Waals surface area contributed by atoms with E-state index in [1.54, 1.807) is 45.4 Å². The predicted molar refractivity (Wildman–Crippen MR) is 98.3 cm³/mol. The number of esters is 1. The molecule has 8 nitrogen and oxygen atoms in total. The van der Waals surface area contributed by atoms with Gasteiger partial charge in [-0.2, -0.15) is 0 Å². The molecule has 0 unspecified atom stereocenters. The summed E-state index contributed by atoms with van der Waals surface area (Å²) in [6.45, 7) is 2.02. The Bertz CT molecular complexity index is 852. The van der Waals surface area contributed by atoms with Crippen molar-refractivity contribution in [1.82, 2.24) is 0 Å². The molecule has 0 spiro atoms. The Morgan fingerprint density at radius 1 is 1.15 bits per heavy atom. The van der Waals surface area contributed by atoms with Crippen molar-refractivity contribution in [3.05, 3.63) is 58.1 Å². The maximum absolute atomic E-state index is 12.4. The van der Waals surface area contributed by atoms with Crippen LogP contribution in [-0.4, -0.2) is 37.8 Å². The van der Waals surface area contributed by atoms with Crippen LogP contribution in [0.4, 0.5) is 11.4 Å². The van der Waals surface area contributed by atoms with Gasteiger partial charge >= 0.3 is 5.97 Å². The molecule has 3 rings (SSSR count). The lowest BCUT2D eigenvalue weighted by atomic mass is 10.1. The summed E-state index contributed by atoms with van der Waals surface area (Å²) < 4.78 is 15.9. The van der Waals surface area contributed by atoms with Crippen molar-refractivity contribution >= 4 is 17.3 Å². The normalized spacial score (nSPS) is 18.0. The minimum absolute atomic E-state index is 0.000614. The van der Waals surface area contributed by atoms with E-state index in [4.69, 9.17) is 14.2 Å². The molecule has 2 aromatic carbocycles. The first-order valence-electron chi connectivity index (χ1n) is 8.43. The van der Waals surface area contributed by atoms with E-state index in [9.17, 15) is 14.9 Å². The van der Waals surface area contributed by atoms with Crippen LogP contribution in [-0.2, 0) is 9.53 Å². The molecule has 27 heavy (non-hydrogen) atoms. The zero-order valence-electron chi connectivity index (χ0n) is 15.2. The molecule has 0 aliphatic carbocycles. The molecule has 2 aromatic rings. The Hall–Kier alpha value is -3.29. The molecular formula is C19H20N2O6. The Morgan fingerprint density at radius 2 is 1.85 bits per heavy atom. The van der Waals surface area contributed by atoms with E-state index < -0.39 is 11.0 Å². The van der Waals surface area contributed by atoms with Crippen LogP contribution >= 0.6 is 0 Å². The van der Waals surface area contributed by atoms with Crippen LogP contribution in [0, 0.1) is 10.1 Å². The number of nitrogens with zero attached hydrogens (tertiary/aromatic N) is 2. The van der Waals surface area contributed by atoms with E-state index >= 15 is 0 Å². The van der Waals surface area contributed by atoms with Gasteiger partial charge in [-0.15, -0.1) is 0 Å². The molecule has 1 aliphatic rings. The monoisotopic (exact) mass is 372 g/mol. The number of anilines is 1. The van der Waals surface area contributed by atoms with E-state index in [0.29, 0.717) is 11.5 Å². The second kappa shape index (κ2) is 7.53. The summed E-state index contributed by atoms with van der Waals surface area (Å²) in [7, 11) is 3.11. The molecule has 2 atom stereocenters. The fourth-order valence-electron chi connectivity index (χ4n) is 3.14. The van der Waals surface area contributed by atoms with Crippen LogP contribution in [0.1, 0.15) is 18.5 Å². The maximum Gasteiger partial charge on any atom is 0.331 e. The minimum atomic E-state index is -0.520. The van der Waals surface area contributed by atoms with Crippen LogP contribution in [0.3, 0.4) is 0 Å². The second-order valence-electron chi connectivity index (χ2n) is 5.94. The number of methoxy groups -OCH3 is 2. The molecule has 0 aromatic heterocycles. The lowest BCUT2D eigenvalue weighted by Crippen LogP contribution is -2.16. The average molecular weight is 372 g/mol. The van der Waals surface area contributed by atoms with Crippen molar-refractivity contribution in [2.75, 3.05) is 25.7 Å². The third-order valence-corrected chi connectivity index (χ3v) is 4.45. The Balaban J connectivity index is 1.96. The van der Waals surface area contributed by atoms with E-state index in [1.807, 2.05) is 11.0 Å². The van der Waals surface area contributed by atoms with Crippen molar-refractivity contribution in [1.29, 1.82) is 0 Å². The number of nitro groups is 1. The number of carbonyl (C=O) groups excluding carboxylic acids is 1. The minimum Gasteiger partial charge on any atom is -0.497 e. The smallest absolute Gasteiger partial charge is 0.331 e. The molecule has 0 amide bonds. The zero-order valence-corrected chi connectivity index (χ0v) is 15.2. The summed E-state index contributed by atoms with van der Waals surface area (Å²) in [6.07, 6.45) is 0. The van der Waals surface area contributed by atoms with Crippen molar-refractivity contribution in [2.45, 2.75) is 19.0 Å². The van der Waals surface area contributed by atoms with Crippen LogP contribution in [0.25, 0.3) is 0 Å². The molecule has 0 saturated carbocycles. The number of nitro benzene ring substituents is 1. The lowest BCUT2D eigenvalue weighted by Gasteiger charge is -2.13. The number of carbonyl (C=O) groups is 1. The van der Waals surface area contributed by atoms with Gasteiger partial charge in [0.15, 0.2) is 6.04 Å². The molecule has 8 heteroatoms. The van der Waals surface area contributed by atoms with E-state index in [1.165, 1.54) is 12.1 Å². The summed E-state index contributed by atoms with van der Waals surface area (Å²) in [5, 5.41) is 10.9. The second-order valence-corrected chi connectivity index (χ2v) is 5.94. The Kier molecular flexibility index (Phi) is 5.16. The quantitative estimate of drug-likeness (QED) is 0.319. The summed E-state index contributed by atoms with van der Waals surface area (Å²) in [5.41, 5.74) is 1.51. The molecule has 1 heterocycles. The summed E-state index contributed by atoms with van der Waals surface area (Å²) in [5.74, 6) is 0.851. The van der Waals surface area contributed by atoms with Gasteiger partial charge in [0.05, 0.1) is 37.5 Å². The highest BCUT2D eigenvalue weighted by atomic mass is 16.6. The van der Waals surface area contributed by atoms with E-state index in [-0.39, 0.29) is 24.3 Å².